The van der Waals surface area contributed by atoms with E-state index in [1.807, 2.05) is 0 Å². The molecule has 1 aromatic rings. The highest BCUT2D eigenvalue weighted by molar-refractivity contribution is 5.85. The van der Waals surface area contributed by atoms with Crippen molar-refractivity contribution in [2.24, 2.45) is 0 Å². The number of carboxylic acids is 1. The van der Waals surface area contributed by atoms with Gasteiger partial charge in [-0.15, -0.1) is 0 Å². The molecule has 1 heterocycles. The van der Waals surface area contributed by atoms with Gasteiger partial charge in [0, 0.05) is 6.20 Å². The van der Waals surface area contributed by atoms with E-state index in [0.717, 1.165) is 12.0 Å². The maximum Gasteiger partial charge on any atom is 0.354 e. The summed E-state index contributed by atoms with van der Waals surface area (Å²) in [4.78, 5) is 14.6. The quantitative estimate of drug-likeness (QED) is 0.692. The van der Waals surface area contributed by atoms with Crippen LogP contribution in [0.1, 0.15) is 62.0 Å². The van der Waals surface area contributed by atoms with E-state index in [1.54, 1.807) is 12.1 Å². The molecular weight excluding hydrogens is 242 g/mol. The Balaban J connectivity index is 2.31. The first-order valence-corrected chi connectivity index (χ1v) is 6.93. The Morgan fingerprint density at radius 2 is 2.21 bits per heavy atom. The summed E-state index contributed by atoms with van der Waals surface area (Å²) in [7, 11) is 0. The lowest BCUT2D eigenvalue weighted by molar-refractivity contribution is 0.0457. The normalized spacial score (nSPS) is 12.3. The zero-order chi connectivity index (χ0) is 14.1. The summed E-state index contributed by atoms with van der Waals surface area (Å²) >= 11 is 0. The van der Waals surface area contributed by atoms with Gasteiger partial charge in [0.1, 0.15) is 5.69 Å². The Morgan fingerprint density at radius 1 is 1.42 bits per heavy atom. The number of rotatable bonds is 9. The summed E-state index contributed by atoms with van der Waals surface area (Å²) in [5.74, 6) is -1.01. The van der Waals surface area contributed by atoms with Crippen LogP contribution in [0.4, 0.5) is 0 Å². The van der Waals surface area contributed by atoms with Crippen LogP contribution in [0.15, 0.2) is 18.3 Å². The fraction of sp³-hybridized carbons (Fsp3) is 0.600. The second-order valence-corrected chi connectivity index (χ2v) is 4.83. The van der Waals surface area contributed by atoms with Crippen molar-refractivity contribution in [2.45, 2.75) is 58.7 Å². The Hall–Kier alpha value is -1.42. The van der Waals surface area contributed by atoms with Crippen LogP contribution in [-0.2, 0) is 11.3 Å². The topological polar surface area (TPSA) is 59.4 Å². The molecule has 1 unspecified atom stereocenters. The third-order valence-corrected chi connectivity index (χ3v) is 3.04. The molecule has 0 aliphatic rings. The van der Waals surface area contributed by atoms with Crippen LogP contribution in [0.3, 0.4) is 0 Å². The van der Waals surface area contributed by atoms with Crippen molar-refractivity contribution in [2.75, 3.05) is 0 Å². The summed E-state index contributed by atoms with van der Waals surface area (Å²) in [5.41, 5.74) is 0.921. The average molecular weight is 265 g/mol. The fourth-order valence-electron chi connectivity index (χ4n) is 1.86. The molecule has 0 bridgehead atoms. The first kappa shape index (κ1) is 15.6. The monoisotopic (exact) mass is 265 g/mol. The van der Waals surface area contributed by atoms with Crippen molar-refractivity contribution < 1.29 is 14.6 Å². The predicted molar refractivity (Wildman–Crippen MR) is 74.2 cm³/mol. The van der Waals surface area contributed by atoms with E-state index in [2.05, 4.69) is 18.8 Å². The van der Waals surface area contributed by atoms with E-state index in [1.165, 1.54) is 31.9 Å². The Bertz CT molecular complexity index is 393. The average Bonchev–Trinajstić information content (AvgIpc) is 2.41. The fourth-order valence-corrected chi connectivity index (χ4v) is 1.86. The molecular formula is C15H23NO3. The van der Waals surface area contributed by atoms with Gasteiger partial charge in [0.2, 0.25) is 0 Å². The largest absolute Gasteiger partial charge is 0.477 e. The van der Waals surface area contributed by atoms with Crippen LogP contribution in [0.25, 0.3) is 0 Å². The van der Waals surface area contributed by atoms with Gasteiger partial charge >= 0.3 is 5.97 Å². The molecule has 1 N–H and O–H groups in total. The van der Waals surface area contributed by atoms with Crippen LogP contribution in [0.5, 0.6) is 0 Å². The Kier molecular flexibility index (Phi) is 7.11. The van der Waals surface area contributed by atoms with Gasteiger partial charge in [0.15, 0.2) is 0 Å². The van der Waals surface area contributed by atoms with Crippen molar-refractivity contribution >= 4 is 5.97 Å². The van der Waals surface area contributed by atoms with Crippen molar-refractivity contribution in [3.63, 3.8) is 0 Å². The minimum absolute atomic E-state index is 0.0664. The number of carboxylic acid groups (broad SMARTS) is 1. The van der Waals surface area contributed by atoms with E-state index in [9.17, 15) is 4.79 Å². The standard InChI is InChI=1S/C15H23NO3/c1-3-4-5-6-7-12(2)19-11-13-8-9-16-14(10-13)15(17)18/h8-10,12H,3-7,11H2,1-2H3,(H,17,18). The maximum absolute atomic E-state index is 10.8. The molecule has 0 radical (unpaired) electrons. The van der Waals surface area contributed by atoms with Gasteiger partial charge in [0.25, 0.3) is 0 Å². The maximum atomic E-state index is 10.8. The van der Waals surface area contributed by atoms with Gasteiger partial charge in [-0.2, -0.15) is 0 Å². The summed E-state index contributed by atoms with van der Waals surface area (Å²) < 4.78 is 5.72. The number of aromatic carboxylic acids is 1. The molecule has 0 aliphatic heterocycles. The summed E-state index contributed by atoms with van der Waals surface area (Å²) in [6.07, 6.45) is 7.72. The van der Waals surface area contributed by atoms with Gasteiger partial charge in [-0.3, -0.25) is 0 Å². The molecule has 4 nitrogen and oxygen atoms in total. The van der Waals surface area contributed by atoms with Crippen molar-refractivity contribution in [1.82, 2.24) is 4.98 Å². The molecule has 0 saturated carbocycles. The van der Waals surface area contributed by atoms with Gasteiger partial charge in [-0.25, -0.2) is 9.78 Å². The number of hydrogen-bond donors (Lipinski definition) is 1. The lowest BCUT2D eigenvalue weighted by Gasteiger charge is -2.13. The highest BCUT2D eigenvalue weighted by Crippen LogP contribution is 2.11. The molecule has 1 aromatic heterocycles. The van der Waals surface area contributed by atoms with Gasteiger partial charge < -0.3 is 9.84 Å². The number of hydrogen-bond acceptors (Lipinski definition) is 3. The predicted octanol–water partition coefficient (Wildman–Crippen LogP) is 3.66. The number of aromatic nitrogens is 1. The smallest absolute Gasteiger partial charge is 0.354 e. The number of pyridine rings is 1. The lowest BCUT2D eigenvalue weighted by Crippen LogP contribution is -2.09. The van der Waals surface area contributed by atoms with Crippen molar-refractivity contribution in [1.29, 1.82) is 0 Å². The lowest BCUT2D eigenvalue weighted by atomic mass is 10.1. The molecule has 0 aliphatic carbocycles. The number of ether oxygens (including phenoxy) is 1. The molecule has 0 fully saturated rings. The molecule has 0 saturated heterocycles. The van der Waals surface area contributed by atoms with Crippen LogP contribution < -0.4 is 0 Å². The Morgan fingerprint density at radius 3 is 2.89 bits per heavy atom. The molecule has 106 valence electrons. The van der Waals surface area contributed by atoms with E-state index >= 15 is 0 Å². The van der Waals surface area contributed by atoms with E-state index in [0.29, 0.717) is 6.61 Å². The molecule has 0 spiro atoms. The van der Waals surface area contributed by atoms with Gasteiger partial charge in [-0.1, -0.05) is 32.6 Å². The van der Waals surface area contributed by atoms with Crippen molar-refractivity contribution in [3.8, 4) is 0 Å². The number of carbonyl (C=O) groups is 1. The SMILES string of the molecule is CCCCCCC(C)OCc1ccnc(C(=O)O)c1. The van der Waals surface area contributed by atoms with Gasteiger partial charge in [0.05, 0.1) is 12.7 Å². The molecule has 0 amide bonds. The molecule has 0 aromatic carbocycles. The summed E-state index contributed by atoms with van der Waals surface area (Å²) in [6.45, 7) is 4.70. The van der Waals surface area contributed by atoms with Crippen LogP contribution in [0, 0.1) is 0 Å². The summed E-state index contributed by atoms with van der Waals surface area (Å²) in [5, 5.41) is 8.85. The summed E-state index contributed by atoms with van der Waals surface area (Å²) in [6, 6.07) is 3.35. The van der Waals surface area contributed by atoms with Crippen LogP contribution in [-0.4, -0.2) is 22.2 Å². The van der Waals surface area contributed by atoms with Crippen LogP contribution in [0.2, 0.25) is 0 Å². The number of nitrogens with zero attached hydrogens (tertiary/aromatic N) is 1. The second kappa shape index (κ2) is 8.64. The van der Waals surface area contributed by atoms with Gasteiger partial charge in [-0.05, 0) is 31.0 Å². The highest BCUT2D eigenvalue weighted by atomic mass is 16.5. The van der Waals surface area contributed by atoms with E-state index < -0.39 is 5.97 Å². The highest BCUT2D eigenvalue weighted by Gasteiger charge is 2.07. The zero-order valence-corrected chi connectivity index (χ0v) is 11.8. The Labute approximate surface area is 114 Å². The second-order valence-electron chi connectivity index (χ2n) is 4.83. The number of unbranched alkanes of at least 4 members (excludes halogenated alkanes) is 3. The van der Waals surface area contributed by atoms with Crippen molar-refractivity contribution in [3.05, 3.63) is 29.6 Å². The third-order valence-electron chi connectivity index (χ3n) is 3.04. The third kappa shape index (κ3) is 6.34. The molecule has 19 heavy (non-hydrogen) atoms. The van der Waals surface area contributed by atoms with E-state index in [4.69, 9.17) is 9.84 Å². The molecule has 4 heteroatoms. The minimum Gasteiger partial charge on any atom is -0.477 e. The zero-order valence-electron chi connectivity index (χ0n) is 11.8. The van der Waals surface area contributed by atoms with Crippen LogP contribution >= 0.6 is 0 Å². The molecule has 1 atom stereocenters. The first-order chi connectivity index (χ1) is 9.13. The minimum atomic E-state index is -1.01. The first-order valence-electron chi connectivity index (χ1n) is 6.93. The van der Waals surface area contributed by atoms with E-state index in [-0.39, 0.29) is 11.8 Å². The molecule has 1 rings (SSSR count).